The quantitative estimate of drug-likeness (QED) is 0.846. The molecule has 1 aromatic heterocycles. The van der Waals surface area contributed by atoms with Gasteiger partial charge in [-0.1, -0.05) is 29.8 Å². The zero-order chi connectivity index (χ0) is 13.2. The monoisotopic (exact) mass is 288 g/mol. The molecule has 5 heteroatoms. The van der Waals surface area contributed by atoms with Crippen LogP contribution < -0.4 is 5.32 Å². The molecule has 2 aromatic rings. The Bertz CT molecular complexity index is 689. The smallest absolute Gasteiger partial charge is 0.275 e. The van der Waals surface area contributed by atoms with Crippen LogP contribution in [0.4, 0.5) is 0 Å². The molecule has 1 aliphatic heterocycles. The first kappa shape index (κ1) is 12.1. The van der Waals surface area contributed by atoms with Crippen molar-refractivity contribution >= 4 is 40.8 Å². The fourth-order valence-electron chi connectivity index (χ4n) is 1.75. The van der Waals surface area contributed by atoms with E-state index in [1.807, 2.05) is 29.6 Å². The maximum Gasteiger partial charge on any atom is 0.275 e. The normalized spacial score (nSPS) is 16.6. The van der Waals surface area contributed by atoms with E-state index in [1.54, 1.807) is 29.5 Å². The average Bonchev–Trinajstić information content (AvgIpc) is 3.01. The van der Waals surface area contributed by atoms with Crippen LogP contribution in [0.25, 0.3) is 6.08 Å². The highest BCUT2D eigenvalue weighted by molar-refractivity contribution is 7.10. The van der Waals surface area contributed by atoms with Gasteiger partial charge in [0, 0.05) is 15.5 Å². The Morgan fingerprint density at radius 1 is 1.26 bits per heavy atom. The number of nitrogens with one attached hydrogen (secondary N) is 1. The lowest BCUT2D eigenvalue weighted by atomic mass is 10.2. The van der Waals surface area contributed by atoms with Crippen LogP contribution in [0.2, 0.25) is 5.02 Å². The lowest BCUT2D eigenvalue weighted by Crippen LogP contribution is -2.24. The summed E-state index contributed by atoms with van der Waals surface area (Å²) in [5.74, 6) is 0.346. The van der Waals surface area contributed by atoms with Crippen molar-refractivity contribution < 1.29 is 4.79 Å². The molecule has 94 valence electrons. The number of hydrogen-bond donors (Lipinski definition) is 1. The summed E-state index contributed by atoms with van der Waals surface area (Å²) in [6.45, 7) is 0. The topological polar surface area (TPSA) is 41.5 Å². The highest BCUT2D eigenvalue weighted by atomic mass is 35.5. The summed E-state index contributed by atoms with van der Waals surface area (Å²) in [7, 11) is 0. The largest absolute Gasteiger partial charge is 0.305 e. The Hall–Kier alpha value is -1.91. The van der Waals surface area contributed by atoms with Crippen molar-refractivity contribution in [3.05, 3.63) is 62.9 Å². The van der Waals surface area contributed by atoms with E-state index in [1.165, 1.54) is 0 Å². The number of benzene rings is 1. The van der Waals surface area contributed by atoms with Crippen LogP contribution in [0.1, 0.15) is 10.4 Å². The van der Waals surface area contributed by atoms with Crippen molar-refractivity contribution in [1.29, 1.82) is 0 Å². The van der Waals surface area contributed by atoms with Crippen molar-refractivity contribution in [1.82, 2.24) is 5.32 Å². The number of nitrogens with zero attached hydrogens (tertiary/aromatic N) is 1. The Balaban J connectivity index is 1.95. The van der Waals surface area contributed by atoms with Gasteiger partial charge < -0.3 is 5.32 Å². The Labute approximate surface area is 119 Å². The molecule has 0 radical (unpaired) electrons. The first-order valence-electron chi connectivity index (χ1n) is 5.63. The maximum absolute atomic E-state index is 11.8. The van der Waals surface area contributed by atoms with Gasteiger partial charge in [0.25, 0.3) is 5.91 Å². The van der Waals surface area contributed by atoms with Crippen molar-refractivity contribution in [2.24, 2.45) is 4.99 Å². The fraction of sp³-hybridized carbons (Fsp3) is 0. The molecule has 1 amide bonds. The van der Waals surface area contributed by atoms with Crippen LogP contribution in [-0.4, -0.2) is 11.7 Å². The van der Waals surface area contributed by atoms with Crippen molar-refractivity contribution in [2.75, 3.05) is 0 Å². The first-order valence-corrected chi connectivity index (χ1v) is 6.89. The van der Waals surface area contributed by atoms with Gasteiger partial charge in [0.2, 0.25) is 0 Å². The maximum atomic E-state index is 11.8. The van der Waals surface area contributed by atoms with Crippen molar-refractivity contribution in [3.8, 4) is 0 Å². The zero-order valence-corrected chi connectivity index (χ0v) is 11.3. The summed E-state index contributed by atoms with van der Waals surface area (Å²) in [5, 5.41) is 5.32. The molecule has 0 bridgehead atoms. The van der Waals surface area contributed by atoms with E-state index in [0.717, 1.165) is 10.4 Å². The highest BCUT2D eigenvalue weighted by Gasteiger charge is 2.21. The minimum Gasteiger partial charge on any atom is -0.305 e. The van der Waals surface area contributed by atoms with Crippen LogP contribution >= 0.6 is 22.9 Å². The predicted molar refractivity (Wildman–Crippen MR) is 78.4 cm³/mol. The summed E-state index contributed by atoms with van der Waals surface area (Å²) < 4.78 is 0. The minimum atomic E-state index is -0.191. The van der Waals surface area contributed by atoms with E-state index < -0.39 is 0 Å². The third kappa shape index (κ3) is 2.59. The van der Waals surface area contributed by atoms with Gasteiger partial charge in [0.05, 0.1) is 0 Å². The van der Waals surface area contributed by atoms with Crippen LogP contribution in [0.15, 0.2) is 52.5 Å². The SMILES string of the molecule is O=C1NC(c2cccc(Cl)c2)=N/C1=C/c1cccs1. The van der Waals surface area contributed by atoms with Gasteiger partial charge in [-0.2, -0.15) is 0 Å². The third-order valence-corrected chi connectivity index (χ3v) is 3.67. The molecule has 0 unspecified atom stereocenters. The van der Waals surface area contributed by atoms with E-state index in [0.29, 0.717) is 16.6 Å². The molecule has 19 heavy (non-hydrogen) atoms. The number of amidine groups is 1. The number of rotatable bonds is 2. The number of hydrogen-bond acceptors (Lipinski definition) is 3. The first-order chi connectivity index (χ1) is 9.22. The fourth-order valence-corrected chi connectivity index (χ4v) is 2.59. The summed E-state index contributed by atoms with van der Waals surface area (Å²) >= 11 is 7.50. The van der Waals surface area contributed by atoms with Crippen LogP contribution in [0, 0.1) is 0 Å². The number of carbonyl (C=O) groups excluding carboxylic acids is 1. The van der Waals surface area contributed by atoms with Gasteiger partial charge in [0.15, 0.2) is 0 Å². The van der Waals surface area contributed by atoms with Gasteiger partial charge >= 0.3 is 0 Å². The van der Waals surface area contributed by atoms with Crippen LogP contribution in [0.5, 0.6) is 0 Å². The molecule has 1 aromatic carbocycles. The molecular formula is C14H9ClN2OS. The molecule has 3 nitrogen and oxygen atoms in total. The zero-order valence-electron chi connectivity index (χ0n) is 9.76. The second-order valence-electron chi connectivity index (χ2n) is 3.97. The number of thiophene rings is 1. The summed E-state index contributed by atoms with van der Waals surface area (Å²) in [6.07, 6.45) is 1.78. The van der Waals surface area contributed by atoms with Gasteiger partial charge in [-0.05, 0) is 29.7 Å². The molecule has 0 atom stereocenters. The lowest BCUT2D eigenvalue weighted by molar-refractivity contribution is -0.115. The van der Waals surface area contributed by atoms with Crippen LogP contribution in [-0.2, 0) is 4.79 Å². The third-order valence-electron chi connectivity index (χ3n) is 2.62. The molecule has 0 saturated heterocycles. The van der Waals surface area contributed by atoms with E-state index in [2.05, 4.69) is 10.3 Å². The number of halogens is 1. The van der Waals surface area contributed by atoms with E-state index in [4.69, 9.17) is 11.6 Å². The molecule has 0 aliphatic carbocycles. The van der Waals surface area contributed by atoms with Gasteiger partial charge in [-0.25, -0.2) is 4.99 Å². The van der Waals surface area contributed by atoms with Crippen molar-refractivity contribution in [3.63, 3.8) is 0 Å². The second kappa shape index (κ2) is 4.99. The Kier molecular flexibility index (Phi) is 3.19. The Morgan fingerprint density at radius 2 is 2.16 bits per heavy atom. The predicted octanol–water partition coefficient (Wildman–Crippen LogP) is 3.32. The lowest BCUT2D eigenvalue weighted by Gasteiger charge is -2.00. The van der Waals surface area contributed by atoms with Gasteiger partial charge in [-0.15, -0.1) is 11.3 Å². The van der Waals surface area contributed by atoms with E-state index in [9.17, 15) is 4.79 Å². The summed E-state index contributed by atoms with van der Waals surface area (Å²) in [4.78, 5) is 17.2. The Morgan fingerprint density at radius 3 is 2.89 bits per heavy atom. The molecule has 2 heterocycles. The van der Waals surface area contributed by atoms with Crippen molar-refractivity contribution in [2.45, 2.75) is 0 Å². The second-order valence-corrected chi connectivity index (χ2v) is 5.39. The van der Waals surface area contributed by atoms with Crippen LogP contribution in [0.3, 0.4) is 0 Å². The highest BCUT2D eigenvalue weighted by Crippen LogP contribution is 2.19. The molecule has 1 aliphatic rings. The minimum absolute atomic E-state index is 0.191. The molecular weight excluding hydrogens is 280 g/mol. The summed E-state index contributed by atoms with van der Waals surface area (Å²) in [5.41, 5.74) is 1.22. The average molecular weight is 289 g/mol. The van der Waals surface area contributed by atoms with Gasteiger partial charge in [-0.3, -0.25) is 4.79 Å². The number of amides is 1. The molecule has 1 N–H and O–H groups in total. The molecule has 0 fully saturated rings. The van der Waals surface area contributed by atoms with E-state index in [-0.39, 0.29) is 5.91 Å². The molecule has 3 rings (SSSR count). The van der Waals surface area contributed by atoms with Gasteiger partial charge in [0.1, 0.15) is 11.5 Å². The standard InChI is InChI=1S/C14H9ClN2OS/c15-10-4-1-3-9(7-10)13-16-12(14(18)17-13)8-11-5-2-6-19-11/h1-8H,(H,16,17,18)/b12-8+. The molecule has 0 saturated carbocycles. The van der Waals surface area contributed by atoms with E-state index >= 15 is 0 Å². The molecule has 0 spiro atoms. The number of carbonyl (C=O) groups is 1. The summed E-state index contributed by atoms with van der Waals surface area (Å²) in [6, 6.07) is 11.1. The number of aliphatic imine (C=N–C) groups is 1.